The first kappa shape index (κ1) is 26.4. The molecule has 0 saturated carbocycles. The fraction of sp³-hybridized carbons (Fsp3) is 0.194. The highest BCUT2D eigenvalue weighted by Crippen LogP contribution is 2.33. The Hall–Kier alpha value is -4.65. The first-order valence-electron chi connectivity index (χ1n) is 12.2. The summed E-state index contributed by atoms with van der Waals surface area (Å²) in [6, 6.07) is 24.1. The molecule has 0 spiro atoms. The highest BCUT2D eigenvalue weighted by Gasteiger charge is 2.12. The Balaban J connectivity index is 0.000000603. The molecule has 0 N–H and O–H groups in total. The Bertz CT molecular complexity index is 1340. The van der Waals surface area contributed by atoms with Gasteiger partial charge in [-0.1, -0.05) is 30.4 Å². The summed E-state index contributed by atoms with van der Waals surface area (Å²) in [6.07, 6.45) is 7.73. The molecule has 0 bridgehead atoms. The van der Waals surface area contributed by atoms with E-state index in [1.54, 1.807) is 28.4 Å². The van der Waals surface area contributed by atoms with Gasteiger partial charge < -0.3 is 28.3 Å². The number of aliphatic imine (C=N–C) groups is 1. The summed E-state index contributed by atoms with van der Waals surface area (Å²) in [6.45, 7) is 1.62. The van der Waals surface area contributed by atoms with Crippen molar-refractivity contribution in [2.45, 2.75) is 0 Å². The number of hydrogen-bond acceptors (Lipinski definition) is 6. The average Bonchev–Trinajstić information content (AvgIpc) is 3.70. The third-order valence-corrected chi connectivity index (χ3v) is 5.85. The van der Waals surface area contributed by atoms with Crippen LogP contribution in [0.5, 0.6) is 23.0 Å². The first-order chi connectivity index (χ1) is 18.6. The molecule has 0 amide bonds. The van der Waals surface area contributed by atoms with Crippen molar-refractivity contribution in [1.82, 2.24) is 4.57 Å². The number of rotatable bonds is 8. The zero-order valence-electron chi connectivity index (χ0n) is 22.1. The van der Waals surface area contributed by atoms with E-state index in [2.05, 4.69) is 44.8 Å². The normalized spacial score (nSPS) is 12.0. The van der Waals surface area contributed by atoms with Crippen molar-refractivity contribution in [3.8, 4) is 39.9 Å². The Morgan fingerprint density at radius 3 is 1.79 bits per heavy atom. The molecule has 0 unspecified atom stereocenters. The molecule has 38 heavy (non-hydrogen) atoms. The van der Waals surface area contributed by atoms with Crippen LogP contribution in [0.15, 0.2) is 84.0 Å². The van der Waals surface area contributed by atoms with E-state index in [1.165, 1.54) is 6.40 Å². The molecule has 0 radical (unpaired) electrons. The molecule has 3 aromatic carbocycles. The minimum Gasteiger partial charge on any atom is -0.497 e. The molecule has 7 heteroatoms. The molecule has 196 valence electrons. The molecule has 0 saturated heterocycles. The summed E-state index contributed by atoms with van der Waals surface area (Å²) in [5.74, 6) is 2.98. The summed E-state index contributed by atoms with van der Waals surface area (Å²) in [4.78, 5) is 3.74. The van der Waals surface area contributed by atoms with Crippen molar-refractivity contribution in [2.75, 3.05) is 41.6 Å². The number of methoxy groups -OCH3 is 4. The lowest BCUT2D eigenvalue weighted by atomic mass is 10.1. The fourth-order valence-electron chi connectivity index (χ4n) is 3.94. The maximum absolute atomic E-state index is 5.49. The van der Waals surface area contributed by atoms with E-state index < -0.39 is 0 Å². The zero-order chi connectivity index (χ0) is 26.7. The largest absolute Gasteiger partial charge is 0.497 e. The highest BCUT2D eigenvalue weighted by atomic mass is 16.5. The highest BCUT2D eigenvalue weighted by molar-refractivity contribution is 5.76. The maximum Gasteiger partial charge on any atom is 0.169 e. The van der Waals surface area contributed by atoms with Crippen LogP contribution in [0.4, 0.5) is 0 Å². The minimum atomic E-state index is 0.741. The number of para-hydroxylation sites is 1. The molecule has 0 aliphatic carbocycles. The molecule has 0 fully saturated rings. The van der Waals surface area contributed by atoms with Crippen molar-refractivity contribution < 1.29 is 23.7 Å². The lowest BCUT2D eigenvalue weighted by Gasteiger charge is -2.12. The van der Waals surface area contributed by atoms with Crippen molar-refractivity contribution in [1.29, 1.82) is 0 Å². The van der Waals surface area contributed by atoms with Gasteiger partial charge in [0.05, 0.1) is 40.7 Å². The second kappa shape index (κ2) is 13.1. The third-order valence-electron chi connectivity index (χ3n) is 5.85. The van der Waals surface area contributed by atoms with Gasteiger partial charge in [0, 0.05) is 29.6 Å². The third kappa shape index (κ3) is 6.76. The number of benzene rings is 3. The van der Waals surface area contributed by atoms with E-state index in [9.17, 15) is 0 Å². The Morgan fingerprint density at radius 1 is 0.711 bits per heavy atom. The van der Waals surface area contributed by atoms with Crippen LogP contribution >= 0.6 is 0 Å². The monoisotopic (exact) mass is 512 g/mol. The van der Waals surface area contributed by atoms with Crippen molar-refractivity contribution >= 4 is 18.6 Å². The number of nitrogens with zero attached hydrogens (tertiary/aromatic N) is 2. The van der Waals surface area contributed by atoms with Gasteiger partial charge in [-0.25, -0.2) is 0 Å². The summed E-state index contributed by atoms with van der Waals surface area (Å²) in [5, 5.41) is 0. The van der Waals surface area contributed by atoms with E-state index >= 15 is 0 Å². The minimum absolute atomic E-state index is 0.741. The Kier molecular flexibility index (Phi) is 9.07. The van der Waals surface area contributed by atoms with E-state index in [-0.39, 0.29) is 0 Å². The van der Waals surface area contributed by atoms with Crippen LogP contribution in [0.25, 0.3) is 29.1 Å². The summed E-state index contributed by atoms with van der Waals surface area (Å²) < 4.78 is 28.6. The van der Waals surface area contributed by atoms with Gasteiger partial charge in [0.2, 0.25) is 0 Å². The standard InChI is InChI=1S/C28H27NO4.C3H5NO/c1-30-24-12-20(13-25(17-24)31-2)10-11-21-14-28(29(19-21)23-8-6-5-7-9-23)22-15-26(32-3)18-27(16-22)33-4;1-2-5-3-4-1/h5-19H,1-4H3;3H,1-2H2. The van der Waals surface area contributed by atoms with Crippen LogP contribution in [-0.4, -0.2) is 52.6 Å². The number of hydrogen-bond donors (Lipinski definition) is 0. The van der Waals surface area contributed by atoms with Gasteiger partial charge in [-0.2, -0.15) is 0 Å². The molecule has 1 aliphatic rings. The van der Waals surface area contributed by atoms with Gasteiger partial charge in [0.15, 0.2) is 6.40 Å². The summed E-state index contributed by atoms with van der Waals surface area (Å²) in [5.41, 5.74) is 5.14. The number of ether oxygens (including phenoxy) is 5. The molecule has 5 rings (SSSR count). The molecular weight excluding hydrogens is 480 g/mol. The lowest BCUT2D eigenvalue weighted by Crippen LogP contribution is -1.96. The summed E-state index contributed by atoms with van der Waals surface area (Å²) >= 11 is 0. The molecule has 0 atom stereocenters. The predicted octanol–water partition coefficient (Wildman–Crippen LogP) is 6.39. The van der Waals surface area contributed by atoms with E-state index in [4.69, 9.17) is 18.9 Å². The van der Waals surface area contributed by atoms with Crippen LogP contribution in [0.1, 0.15) is 11.1 Å². The van der Waals surface area contributed by atoms with Crippen LogP contribution in [0.3, 0.4) is 0 Å². The lowest BCUT2D eigenvalue weighted by molar-refractivity contribution is 0.361. The van der Waals surface area contributed by atoms with Crippen LogP contribution in [0, 0.1) is 0 Å². The van der Waals surface area contributed by atoms with Crippen LogP contribution in [0.2, 0.25) is 0 Å². The Labute approximate surface area is 223 Å². The Morgan fingerprint density at radius 2 is 1.29 bits per heavy atom. The SMILES string of the molecule is C1=NCCO1.COc1cc(C=Cc2cc(-c3cc(OC)cc(OC)c3)n(-c3ccccc3)c2)cc(OC)c1. The summed E-state index contributed by atoms with van der Waals surface area (Å²) in [7, 11) is 6.62. The van der Waals surface area contributed by atoms with E-state index in [0.29, 0.717) is 0 Å². The topological polar surface area (TPSA) is 63.4 Å². The van der Waals surface area contributed by atoms with Gasteiger partial charge in [-0.3, -0.25) is 4.99 Å². The van der Waals surface area contributed by atoms with Gasteiger partial charge in [-0.15, -0.1) is 0 Å². The second-order valence-corrected chi connectivity index (χ2v) is 8.33. The molecule has 7 nitrogen and oxygen atoms in total. The molecular formula is C31H32N2O5. The van der Waals surface area contributed by atoms with E-state index in [0.717, 1.165) is 64.2 Å². The smallest absolute Gasteiger partial charge is 0.169 e. The second-order valence-electron chi connectivity index (χ2n) is 8.33. The molecule has 1 aliphatic heterocycles. The molecule has 1 aromatic heterocycles. The van der Waals surface area contributed by atoms with Gasteiger partial charge in [0.1, 0.15) is 29.6 Å². The zero-order valence-corrected chi connectivity index (χ0v) is 22.1. The van der Waals surface area contributed by atoms with E-state index in [1.807, 2.05) is 60.7 Å². The quantitative estimate of drug-likeness (QED) is 0.274. The maximum atomic E-state index is 5.49. The van der Waals surface area contributed by atoms with Crippen molar-refractivity contribution in [3.05, 3.63) is 90.1 Å². The average molecular weight is 513 g/mol. The molecule has 4 aromatic rings. The van der Waals surface area contributed by atoms with Gasteiger partial charge in [0.25, 0.3) is 0 Å². The predicted molar refractivity (Wildman–Crippen MR) is 152 cm³/mol. The fourth-order valence-corrected chi connectivity index (χ4v) is 3.94. The van der Waals surface area contributed by atoms with Crippen LogP contribution < -0.4 is 18.9 Å². The van der Waals surface area contributed by atoms with Crippen molar-refractivity contribution in [2.24, 2.45) is 4.99 Å². The van der Waals surface area contributed by atoms with Gasteiger partial charge >= 0.3 is 0 Å². The molecule has 2 heterocycles. The van der Waals surface area contributed by atoms with Crippen LogP contribution in [-0.2, 0) is 4.74 Å². The number of aromatic nitrogens is 1. The van der Waals surface area contributed by atoms with Gasteiger partial charge in [-0.05, 0) is 53.6 Å². The van der Waals surface area contributed by atoms with Crippen molar-refractivity contribution in [3.63, 3.8) is 0 Å². The first-order valence-corrected chi connectivity index (χ1v) is 12.2.